The number of carbonyl (C=O) groups excluding carboxylic acids is 2. The maximum Gasteiger partial charge on any atom is 0.411 e. The molecule has 0 atom stereocenters. The van der Waals surface area contributed by atoms with Gasteiger partial charge in [-0.1, -0.05) is 23.9 Å². The zero-order valence-corrected chi connectivity index (χ0v) is 20.2. The molecule has 180 valence electrons. The lowest BCUT2D eigenvalue weighted by Crippen LogP contribution is -2.29. The molecule has 1 N–H and O–H groups in total. The Morgan fingerprint density at radius 1 is 1.15 bits per heavy atom. The second-order valence-corrected chi connectivity index (χ2v) is 9.02. The molecule has 0 aromatic heterocycles. The number of thioether (sulfide) groups is 1. The van der Waals surface area contributed by atoms with Gasteiger partial charge in [0.05, 0.1) is 32.1 Å². The second kappa shape index (κ2) is 11.3. The van der Waals surface area contributed by atoms with Crippen LogP contribution < -0.4 is 14.8 Å². The highest BCUT2D eigenvalue weighted by molar-refractivity contribution is 8.14. The Kier molecular flexibility index (Phi) is 7.95. The molecule has 0 spiro atoms. The SMILES string of the molecule is CCOC(=O)Nc1ccc(CN2N=C(c3ccc(OC)c(OC4CCCC4)c3)CSC2=O)cc1. The van der Waals surface area contributed by atoms with Crippen LogP contribution in [0.3, 0.4) is 0 Å². The summed E-state index contributed by atoms with van der Waals surface area (Å²) >= 11 is 1.22. The Morgan fingerprint density at radius 3 is 2.62 bits per heavy atom. The van der Waals surface area contributed by atoms with Gasteiger partial charge in [-0.05, 0) is 68.5 Å². The Hall–Kier alpha value is -3.20. The van der Waals surface area contributed by atoms with Crippen molar-refractivity contribution in [1.29, 1.82) is 0 Å². The lowest BCUT2D eigenvalue weighted by atomic mass is 10.1. The fourth-order valence-electron chi connectivity index (χ4n) is 3.95. The average molecular weight is 484 g/mol. The van der Waals surface area contributed by atoms with Crippen molar-refractivity contribution in [3.63, 3.8) is 0 Å². The molecular weight excluding hydrogens is 454 g/mol. The van der Waals surface area contributed by atoms with Gasteiger partial charge in [0.15, 0.2) is 11.5 Å². The van der Waals surface area contributed by atoms with E-state index in [2.05, 4.69) is 10.4 Å². The summed E-state index contributed by atoms with van der Waals surface area (Å²) in [5.41, 5.74) is 3.24. The summed E-state index contributed by atoms with van der Waals surface area (Å²) in [5.74, 6) is 1.91. The van der Waals surface area contributed by atoms with E-state index in [1.165, 1.54) is 29.6 Å². The van der Waals surface area contributed by atoms with Crippen LogP contribution >= 0.6 is 11.8 Å². The molecule has 0 radical (unpaired) electrons. The lowest BCUT2D eigenvalue weighted by Gasteiger charge is -2.24. The number of ether oxygens (including phenoxy) is 3. The number of hydrogen-bond acceptors (Lipinski definition) is 7. The quantitative estimate of drug-likeness (QED) is 0.521. The number of benzene rings is 2. The van der Waals surface area contributed by atoms with Crippen LogP contribution in [0.25, 0.3) is 0 Å². The number of methoxy groups -OCH3 is 1. The Labute approximate surface area is 203 Å². The van der Waals surface area contributed by atoms with Gasteiger partial charge >= 0.3 is 11.3 Å². The Morgan fingerprint density at radius 2 is 1.91 bits per heavy atom. The zero-order valence-electron chi connectivity index (χ0n) is 19.4. The largest absolute Gasteiger partial charge is 0.493 e. The molecule has 8 nitrogen and oxygen atoms in total. The van der Waals surface area contributed by atoms with Crippen molar-refractivity contribution >= 4 is 34.5 Å². The van der Waals surface area contributed by atoms with Crippen LogP contribution in [0, 0.1) is 0 Å². The van der Waals surface area contributed by atoms with Crippen molar-refractivity contribution in [3.8, 4) is 11.5 Å². The van der Waals surface area contributed by atoms with E-state index in [4.69, 9.17) is 14.2 Å². The lowest BCUT2D eigenvalue weighted by molar-refractivity contribution is 0.168. The molecule has 9 heteroatoms. The van der Waals surface area contributed by atoms with E-state index in [1.54, 1.807) is 26.2 Å². The molecular formula is C25H29N3O5S. The van der Waals surface area contributed by atoms with E-state index >= 15 is 0 Å². The van der Waals surface area contributed by atoms with E-state index in [1.807, 2.05) is 30.3 Å². The number of hydrogen-bond donors (Lipinski definition) is 1. The van der Waals surface area contributed by atoms with Gasteiger partial charge in [0.25, 0.3) is 0 Å². The van der Waals surface area contributed by atoms with Gasteiger partial charge in [0.1, 0.15) is 0 Å². The average Bonchev–Trinajstić information content (AvgIpc) is 3.35. The van der Waals surface area contributed by atoms with Gasteiger partial charge in [-0.2, -0.15) is 5.10 Å². The molecule has 1 aliphatic heterocycles. The predicted octanol–water partition coefficient (Wildman–Crippen LogP) is 5.66. The summed E-state index contributed by atoms with van der Waals surface area (Å²) in [7, 11) is 1.64. The minimum Gasteiger partial charge on any atom is -0.493 e. The number of amides is 2. The van der Waals surface area contributed by atoms with Crippen LogP contribution in [0.15, 0.2) is 47.6 Å². The number of rotatable bonds is 8. The maximum atomic E-state index is 12.5. The molecule has 1 aliphatic carbocycles. The summed E-state index contributed by atoms with van der Waals surface area (Å²) in [6.07, 6.45) is 4.20. The first kappa shape index (κ1) is 23.9. The Bertz CT molecular complexity index is 1050. The van der Waals surface area contributed by atoms with Crippen molar-refractivity contribution in [2.75, 3.05) is 24.8 Å². The highest BCUT2D eigenvalue weighted by atomic mass is 32.2. The second-order valence-electron chi connectivity index (χ2n) is 8.09. The molecule has 1 fully saturated rings. The van der Waals surface area contributed by atoms with E-state index in [0.29, 0.717) is 36.1 Å². The summed E-state index contributed by atoms with van der Waals surface area (Å²) < 4.78 is 16.6. The van der Waals surface area contributed by atoms with Crippen LogP contribution in [-0.2, 0) is 11.3 Å². The van der Waals surface area contributed by atoms with Crippen LogP contribution in [0.1, 0.15) is 43.7 Å². The highest BCUT2D eigenvalue weighted by Gasteiger charge is 2.24. The van der Waals surface area contributed by atoms with Crippen molar-refractivity contribution in [2.24, 2.45) is 5.10 Å². The maximum absolute atomic E-state index is 12.5. The van der Waals surface area contributed by atoms with Gasteiger partial charge in [-0.25, -0.2) is 9.80 Å². The first-order chi connectivity index (χ1) is 16.6. The standard InChI is InChI=1S/C25H29N3O5S/c1-3-32-24(29)26-19-11-8-17(9-12-19)15-28-25(30)34-16-21(27-28)18-10-13-22(31-2)23(14-18)33-20-6-4-5-7-20/h8-14,20H,3-7,15-16H2,1-2H3,(H,26,29). The molecule has 4 rings (SSSR count). The molecule has 2 aliphatic rings. The molecule has 2 amide bonds. The Balaban J connectivity index is 1.48. The van der Waals surface area contributed by atoms with Crippen LogP contribution in [-0.4, -0.2) is 47.6 Å². The van der Waals surface area contributed by atoms with Gasteiger partial charge in [-0.3, -0.25) is 10.1 Å². The van der Waals surface area contributed by atoms with Crippen LogP contribution in [0.5, 0.6) is 11.5 Å². The minimum absolute atomic E-state index is 0.103. The topological polar surface area (TPSA) is 89.5 Å². The molecule has 34 heavy (non-hydrogen) atoms. The van der Waals surface area contributed by atoms with Crippen molar-refractivity contribution in [1.82, 2.24) is 5.01 Å². The van der Waals surface area contributed by atoms with Crippen LogP contribution in [0.2, 0.25) is 0 Å². The van der Waals surface area contributed by atoms with E-state index in [9.17, 15) is 9.59 Å². The zero-order chi connectivity index (χ0) is 23.9. The number of carbonyl (C=O) groups is 2. The molecule has 0 saturated heterocycles. The first-order valence-electron chi connectivity index (χ1n) is 11.4. The molecule has 1 saturated carbocycles. The summed E-state index contributed by atoms with van der Waals surface area (Å²) in [6.45, 7) is 2.39. The number of hydrazone groups is 1. The predicted molar refractivity (Wildman–Crippen MR) is 133 cm³/mol. The van der Waals surface area contributed by atoms with E-state index in [-0.39, 0.29) is 11.3 Å². The smallest absolute Gasteiger partial charge is 0.411 e. The number of nitrogens with one attached hydrogen (secondary N) is 1. The number of nitrogens with zero attached hydrogens (tertiary/aromatic N) is 2. The first-order valence-corrected chi connectivity index (χ1v) is 12.4. The molecule has 1 heterocycles. The molecule has 2 aromatic carbocycles. The summed E-state index contributed by atoms with van der Waals surface area (Å²) in [5, 5.41) is 8.67. The fourth-order valence-corrected chi connectivity index (χ4v) is 4.69. The fraction of sp³-hybridized carbons (Fsp3) is 0.400. The third-order valence-electron chi connectivity index (χ3n) is 5.69. The van der Waals surface area contributed by atoms with E-state index < -0.39 is 6.09 Å². The summed E-state index contributed by atoms with van der Waals surface area (Å²) in [4.78, 5) is 24.1. The molecule has 0 bridgehead atoms. The molecule has 0 unspecified atom stereocenters. The normalized spacial score (nSPS) is 16.2. The molecule has 2 aromatic rings. The third kappa shape index (κ3) is 6.02. The number of anilines is 1. The van der Waals surface area contributed by atoms with Gasteiger partial charge in [-0.15, -0.1) is 0 Å². The van der Waals surface area contributed by atoms with E-state index in [0.717, 1.165) is 29.7 Å². The van der Waals surface area contributed by atoms with Gasteiger partial charge in [0.2, 0.25) is 0 Å². The van der Waals surface area contributed by atoms with Gasteiger partial charge in [0, 0.05) is 17.0 Å². The van der Waals surface area contributed by atoms with Crippen LogP contribution in [0.4, 0.5) is 15.3 Å². The monoisotopic (exact) mass is 483 g/mol. The van der Waals surface area contributed by atoms with Crippen molar-refractivity contribution < 1.29 is 23.8 Å². The van der Waals surface area contributed by atoms with Crippen molar-refractivity contribution in [2.45, 2.75) is 45.3 Å². The summed E-state index contributed by atoms with van der Waals surface area (Å²) in [6, 6.07) is 13.0. The van der Waals surface area contributed by atoms with Crippen molar-refractivity contribution in [3.05, 3.63) is 53.6 Å². The minimum atomic E-state index is -0.497. The third-order valence-corrected chi connectivity index (χ3v) is 6.56. The highest BCUT2D eigenvalue weighted by Crippen LogP contribution is 2.33. The van der Waals surface area contributed by atoms with Gasteiger partial charge < -0.3 is 14.2 Å².